The Morgan fingerprint density at radius 3 is 0.952 bits per heavy atom. The predicted octanol–water partition coefficient (Wildman–Crippen LogP) is 8.64. The molecule has 322 valence electrons. The lowest BCUT2D eigenvalue weighted by Gasteiger charge is -2.20. The molecule has 0 heterocycles. The fourth-order valence-electron chi connectivity index (χ4n) is 6.50. The second kappa shape index (κ2) is 26.3. The van der Waals surface area contributed by atoms with Gasteiger partial charge in [0.1, 0.15) is 49.4 Å². The molecule has 6 aromatic carbocycles. The molecule has 0 saturated heterocycles. The summed E-state index contributed by atoms with van der Waals surface area (Å²) in [6, 6.07) is 39.6. The molecule has 0 aliphatic rings. The summed E-state index contributed by atoms with van der Waals surface area (Å²) >= 11 is 0. The van der Waals surface area contributed by atoms with Crippen LogP contribution in [0.4, 0.5) is 0 Å². The van der Waals surface area contributed by atoms with E-state index >= 15 is 0 Å². The molecule has 10 heteroatoms. The Balaban J connectivity index is 0.909. The number of hydrogen-bond donors (Lipinski definition) is 0. The van der Waals surface area contributed by atoms with Crippen LogP contribution in [0.2, 0.25) is 0 Å². The molecule has 0 aliphatic heterocycles. The van der Waals surface area contributed by atoms with Gasteiger partial charge in [-0.25, -0.2) is 0 Å². The topological polar surface area (TPSA) is 92.3 Å². The van der Waals surface area contributed by atoms with Crippen LogP contribution < -0.4 is 18.9 Å². The first-order valence-electron chi connectivity index (χ1n) is 20.9. The van der Waals surface area contributed by atoms with Crippen LogP contribution in [0.5, 0.6) is 23.0 Å². The minimum Gasteiger partial charge on any atom is -0.491 e. The van der Waals surface area contributed by atoms with E-state index in [2.05, 4.69) is 48.2 Å². The molecule has 0 unspecified atom stereocenters. The summed E-state index contributed by atoms with van der Waals surface area (Å²) in [4.78, 5) is 0. The molecule has 0 spiro atoms. The van der Waals surface area contributed by atoms with Gasteiger partial charge in [0.2, 0.25) is 0 Å². The summed E-state index contributed by atoms with van der Waals surface area (Å²) < 4.78 is 58.5. The first-order chi connectivity index (χ1) is 30.7. The van der Waals surface area contributed by atoms with E-state index in [4.69, 9.17) is 60.2 Å². The molecular weight excluding hydrogens is 785 g/mol. The first kappa shape index (κ1) is 45.4. The Morgan fingerprint density at radius 1 is 0.306 bits per heavy atom. The number of hydrogen-bond acceptors (Lipinski definition) is 10. The molecular formula is C52H54O10. The highest BCUT2D eigenvalue weighted by Crippen LogP contribution is 2.45. The Labute approximate surface area is 364 Å². The number of terminal acetylenes is 2. The quantitative estimate of drug-likeness (QED) is 0.0338. The Bertz CT molecular complexity index is 2150. The van der Waals surface area contributed by atoms with E-state index in [0.29, 0.717) is 106 Å². The zero-order chi connectivity index (χ0) is 42.9. The molecule has 0 aliphatic carbocycles. The van der Waals surface area contributed by atoms with Crippen LogP contribution in [0.3, 0.4) is 0 Å². The molecule has 0 aromatic heterocycles. The van der Waals surface area contributed by atoms with Crippen molar-refractivity contribution in [3.63, 3.8) is 0 Å². The number of benzene rings is 6. The Hall–Kier alpha value is -6.08. The van der Waals surface area contributed by atoms with Crippen LogP contribution >= 0.6 is 0 Å². The Morgan fingerprint density at radius 2 is 0.613 bits per heavy atom. The fourth-order valence-corrected chi connectivity index (χ4v) is 6.50. The third-order valence-electron chi connectivity index (χ3n) is 9.52. The second-order valence-corrected chi connectivity index (χ2v) is 13.7. The first-order valence-corrected chi connectivity index (χ1v) is 20.9. The summed E-state index contributed by atoms with van der Waals surface area (Å²) in [6.07, 6.45) is 10.8. The van der Waals surface area contributed by atoms with Gasteiger partial charge in [0.25, 0.3) is 0 Å². The maximum Gasteiger partial charge on any atom is 0.128 e. The van der Waals surface area contributed by atoms with Crippen molar-refractivity contribution in [2.45, 2.75) is 0 Å². The van der Waals surface area contributed by atoms with Crippen molar-refractivity contribution in [1.29, 1.82) is 0 Å². The average molecular weight is 839 g/mol. The van der Waals surface area contributed by atoms with Crippen molar-refractivity contribution in [1.82, 2.24) is 0 Å². The van der Waals surface area contributed by atoms with Gasteiger partial charge in [0.15, 0.2) is 0 Å². The lowest BCUT2D eigenvalue weighted by atomic mass is 9.92. The monoisotopic (exact) mass is 838 g/mol. The van der Waals surface area contributed by atoms with E-state index in [1.807, 2.05) is 84.9 Å². The number of fused-ring (bicyclic) bond motifs is 2. The lowest BCUT2D eigenvalue weighted by molar-refractivity contribution is 0.00494. The predicted molar refractivity (Wildman–Crippen MR) is 243 cm³/mol. The van der Waals surface area contributed by atoms with Gasteiger partial charge >= 0.3 is 0 Å². The van der Waals surface area contributed by atoms with Gasteiger partial charge < -0.3 is 47.4 Å². The molecule has 0 fully saturated rings. The molecule has 0 radical (unpaired) electrons. The smallest absolute Gasteiger partial charge is 0.128 e. The molecule has 0 N–H and O–H groups in total. The lowest BCUT2D eigenvalue weighted by Crippen LogP contribution is -2.14. The number of rotatable bonds is 29. The Kier molecular flexibility index (Phi) is 19.3. The summed E-state index contributed by atoms with van der Waals surface area (Å²) in [5.74, 6) is 8.19. The highest BCUT2D eigenvalue weighted by molar-refractivity contribution is 6.09. The third kappa shape index (κ3) is 14.5. The molecule has 6 rings (SSSR count). The van der Waals surface area contributed by atoms with Crippen molar-refractivity contribution in [2.75, 3.05) is 106 Å². The molecule has 0 atom stereocenters. The maximum atomic E-state index is 6.45. The van der Waals surface area contributed by atoms with E-state index < -0.39 is 0 Å². The van der Waals surface area contributed by atoms with Gasteiger partial charge in [0.05, 0.1) is 79.3 Å². The van der Waals surface area contributed by atoms with E-state index in [-0.39, 0.29) is 0 Å². The highest BCUT2D eigenvalue weighted by Gasteiger charge is 2.19. The number of ether oxygens (including phenoxy) is 10. The summed E-state index contributed by atoms with van der Waals surface area (Å²) in [7, 11) is 0. The maximum absolute atomic E-state index is 6.45. The molecule has 0 bridgehead atoms. The van der Waals surface area contributed by atoms with Gasteiger partial charge in [-0.15, -0.1) is 12.8 Å². The van der Waals surface area contributed by atoms with Gasteiger partial charge in [-0.1, -0.05) is 72.5 Å². The molecule has 6 aromatic rings. The van der Waals surface area contributed by atoms with Crippen molar-refractivity contribution >= 4 is 21.5 Å². The van der Waals surface area contributed by atoms with Crippen LogP contribution in [0.15, 0.2) is 121 Å². The van der Waals surface area contributed by atoms with Crippen LogP contribution in [0.25, 0.3) is 32.7 Å². The van der Waals surface area contributed by atoms with E-state index in [1.54, 1.807) is 0 Å². The van der Waals surface area contributed by atoms with E-state index in [9.17, 15) is 0 Å². The second-order valence-electron chi connectivity index (χ2n) is 13.7. The van der Waals surface area contributed by atoms with Gasteiger partial charge in [-0.3, -0.25) is 0 Å². The highest BCUT2D eigenvalue weighted by atomic mass is 16.6. The summed E-state index contributed by atoms with van der Waals surface area (Å²) in [5, 5.41) is 4.33. The van der Waals surface area contributed by atoms with Crippen molar-refractivity contribution in [2.24, 2.45) is 0 Å². The van der Waals surface area contributed by atoms with Gasteiger partial charge in [0, 0.05) is 22.3 Å². The van der Waals surface area contributed by atoms with Crippen LogP contribution in [-0.2, 0) is 28.4 Å². The molecule has 10 nitrogen and oxygen atoms in total. The van der Waals surface area contributed by atoms with Crippen molar-refractivity contribution < 1.29 is 47.4 Å². The van der Waals surface area contributed by atoms with Crippen molar-refractivity contribution in [3.05, 3.63) is 132 Å². The minimum atomic E-state index is 0.362. The summed E-state index contributed by atoms with van der Waals surface area (Å²) in [6.45, 7) is 6.99. The van der Waals surface area contributed by atoms with Gasteiger partial charge in [-0.05, 0) is 82.2 Å². The van der Waals surface area contributed by atoms with E-state index in [1.165, 1.54) is 0 Å². The summed E-state index contributed by atoms with van der Waals surface area (Å²) in [5.41, 5.74) is 3.57. The molecule has 62 heavy (non-hydrogen) atoms. The largest absolute Gasteiger partial charge is 0.491 e. The minimum absolute atomic E-state index is 0.362. The fraction of sp³-hybridized carbons (Fsp3) is 0.308. The van der Waals surface area contributed by atoms with Crippen LogP contribution in [0, 0.1) is 24.7 Å². The van der Waals surface area contributed by atoms with Crippen LogP contribution in [0.1, 0.15) is 11.1 Å². The third-order valence-corrected chi connectivity index (χ3v) is 9.52. The zero-order valence-corrected chi connectivity index (χ0v) is 35.1. The normalized spacial score (nSPS) is 11.0. The standard InChI is InChI=1S/C52H54O10/c1-3-41-13-19-45(20-14-41)59-37-33-55-29-25-53-27-31-57-35-39-61-49-23-17-43-9-5-7-11-47(43)51(49)52-48-12-8-6-10-44(48)18-24-50(52)62-40-36-58-32-28-54-26-30-56-34-38-60-46-21-15-42(4-2)16-22-46/h1-2,5-24H,25-40H2. The molecule has 0 saturated carbocycles. The average Bonchev–Trinajstić information content (AvgIpc) is 3.32. The van der Waals surface area contributed by atoms with Crippen LogP contribution in [-0.4, -0.2) is 106 Å². The zero-order valence-electron chi connectivity index (χ0n) is 35.1. The van der Waals surface area contributed by atoms with Crippen molar-refractivity contribution in [3.8, 4) is 58.8 Å². The SMILES string of the molecule is C#Cc1ccc(OCCOCCOCCOCCOc2ccc3ccccc3c2-c2c(OCCOCCOCCOCCOc3ccc(C#C)cc3)ccc3ccccc23)cc1. The molecule has 0 amide bonds. The van der Waals surface area contributed by atoms with Gasteiger partial charge in [-0.2, -0.15) is 0 Å². The van der Waals surface area contributed by atoms with E-state index in [0.717, 1.165) is 66.8 Å².